The third kappa shape index (κ3) is 3.80. The Balaban J connectivity index is 1.73. The van der Waals surface area contributed by atoms with Crippen LogP contribution in [-0.4, -0.2) is 28.5 Å². The van der Waals surface area contributed by atoms with Crippen molar-refractivity contribution < 1.29 is 19.4 Å². The molecule has 0 radical (unpaired) electrons. The van der Waals surface area contributed by atoms with E-state index in [1.54, 1.807) is 24.3 Å². The number of para-hydroxylation sites is 1. The molecule has 0 bridgehead atoms. The van der Waals surface area contributed by atoms with E-state index in [0.29, 0.717) is 35.6 Å². The molecule has 1 fully saturated rings. The minimum atomic E-state index is -1.30. The number of imide groups is 1. The van der Waals surface area contributed by atoms with Crippen molar-refractivity contribution >= 4 is 17.5 Å². The second-order valence-electron chi connectivity index (χ2n) is 9.45. The van der Waals surface area contributed by atoms with Crippen LogP contribution in [0.4, 0.5) is 5.69 Å². The maximum Gasteiger partial charge on any atom is 0.260 e. The minimum absolute atomic E-state index is 0.0387. The van der Waals surface area contributed by atoms with E-state index in [1.807, 2.05) is 74.5 Å². The van der Waals surface area contributed by atoms with Gasteiger partial charge >= 0.3 is 0 Å². The molecule has 6 nitrogen and oxygen atoms in total. The van der Waals surface area contributed by atoms with E-state index >= 15 is 0 Å². The number of nitrogens with zero attached hydrogens (tertiary/aromatic N) is 1. The molecule has 5 rings (SSSR count). The van der Waals surface area contributed by atoms with Crippen molar-refractivity contribution in [2.75, 3.05) is 12.0 Å². The summed E-state index contributed by atoms with van der Waals surface area (Å²) in [5.41, 5.74) is 5.50. The summed E-state index contributed by atoms with van der Waals surface area (Å²) in [5, 5.41) is 12.5. The number of allylic oxidation sites excluding steroid dienone is 3. The molecule has 0 aromatic heterocycles. The third-order valence-electron chi connectivity index (χ3n) is 7.42. The first-order valence-electron chi connectivity index (χ1n) is 12.5. The van der Waals surface area contributed by atoms with Crippen LogP contribution in [-0.2, 0) is 15.0 Å². The predicted molar refractivity (Wildman–Crippen MR) is 143 cm³/mol. The molecule has 3 aromatic rings. The Morgan fingerprint density at radius 2 is 1.81 bits per heavy atom. The zero-order valence-corrected chi connectivity index (χ0v) is 21.0. The molecule has 1 aliphatic carbocycles. The summed E-state index contributed by atoms with van der Waals surface area (Å²) in [7, 11) is 0. The first kappa shape index (κ1) is 24.4. The number of carbonyl (C=O) groups is 2. The number of hydrazine groups is 1. The van der Waals surface area contributed by atoms with Crippen molar-refractivity contribution in [2.45, 2.75) is 31.6 Å². The first-order valence-corrected chi connectivity index (χ1v) is 12.5. The number of hydrogen-bond acceptors (Lipinski definition) is 5. The number of fused-ring (bicyclic) bond motifs is 1. The Kier molecular flexibility index (Phi) is 6.34. The summed E-state index contributed by atoms with van der Waals surface area (Å²) in [4.78, 5) is 28.5. The fourth-order valence-electron chi connectivity index (χ4n) is 5.77. The Morgan fingerprint density at radius 1 is 1.08 bits per heavy atom. The topological polar surface area (TPSA) is 78.9 Å². The van der Waals surface area contributed by atoms with E-state index in [0.717, 1.165) is 16.1 Å². The number of benzene rings is 3. The van der Waals surface area contributed by atoms with Gasteiger partial charge in [0.15, 0.2) is 11.5 Å². The van der Waals surface area contributed by atoms with Gasteiger partial charge in [-0.25, -0.2) is 0 Å². The van der Waals surface area contributed by atoms with Crippen molar-refractivity contribution in [1.82, 2.24) is 5.01 Å². The van der Waals surface area contributed by atoms with Crippen LogP contribution in [0.15, 0.2) is 97.1 Å². The second kappa shape index (κ2) is 9.62. The summed E-state index contributed by atoms with van der Waals surface area (Å²) >= 11 is 0. The Labute approximate surface area is 216 Å². The molecular weight excluding hydrogens is 464 g/mol. The Hall–Kier alpha value is -4.32. The smallest absolute Gasteiger partial charge is 0.260 e. The molecule has 0 unspecified atom stereocenters. The molecule has 37 heavy (non-hydrogen) atoms. The number of ether oxygens (including phenoxy) is 1. The standard InChI is InChI=1S/C31H30N2O4/c1-4-21-16-19-25-29(35)33(32-23-17-14-20(3)15-18-23)30(36)31(25,22-10-7-6-8-11-22)27(21)24-12-9-13-26(28(24)34)37-5-2/h4,6-18,25,27,32,34H,1,5,19H2,2-3H3/t25-,27+,31+/m0/s1. The lowest BCUT2D eigenvalue weighted by molar-refractivity contribution is -0.138. The maximum atomic E-state index is 14.6. The van der Waals surface area contributed by atoms with Crippen LogP contribution in [0.3, 0.4) is 0 Å². The van der Waals surface area contributed by atoms with Crippen molar-refractivity contribution in [3.8, 4) is 11.5 Å². The molecule has 1 saturated heterocycles. The van der Waals surface area contributed by atoms with Gasteiger partial charge in [0.1, 0.15) is 0 Å². The number of nitrogens with one attached hydrogen (secondary N) is 1. The SMILES string of the molecule is C=CC1=CC[C@H]2C(=O)N(Nc3ccc(C)cc3)C(=O)[C@@]2(c2ccccc2)[C@H]1c1cccc(OCC)c1O. The van der Waals surface area contributed by atoms with E-state index in [4.69, 9.17) is 4.74 Å². The summed E-state index contributed by atoms with van der Waals surface area (Å²) in [6.45, 7) is 8.22. The van der Waals surface area contributed by atoms with Crippen LogP contribution in [0.5, 0.6) is 11.5 Å². The first-order chi connectivity index (χ1) is 17.9. The fraction of sp³-hybridized carbons (Fsp3) is 0.226. The molecule has 1 heterocycles. The summed E-state index contributed by atoms with van der Waals surface area (Å²) in [6, 6.07) is 22.2. The molecule has 3 atom stereocenters. The van der Waals surface area contributed by atoms with E-state index < -0.39 is 17.3 Å². The highest BCUT2D eigenvalue weighted by Gasteiger charge is 2.66. The van der Waals surface area contributed by atoms with Gasteiger partial charge in [-0.2, -0.15) is 5.01 Å². The van der Waals surface area contributed by atoms with Crippen molar-refractivity contribution in [1.29, 1.82) is 0 Å². The Morgan fingerprint density at radius 3 is 2.49 bits per heavy atom. The second-order valence-corrected chi connectivity index (χ2v) is 9.45. The molecule has 188 valence electrons. The van der Waals surface area contributed by atoms with Gasteiger partial charge in [0, 0.05) is 11.5 Å². The molecule has 2 N–H and O–H groups in total. The highest BCUT2D eigenvalue weighted by molar-refractivity contribution is 6.12. The number of aromatic hydroxyl groups is 1. The molecule has 0 spiro atoms. The lowest BCUT2D eigenvalue weighted by Gasteiger charge is -2.43. The number of carbonyl (C=O) groups excluding carboxylic acids is 2. The molecule has 6 heteroatoms. The average molecular weight is 495 g/mol. The van der Waals surface area contributed by atoms with Gasteiger partial charge in [0.2, 0.25) is 0 Å². The summed E-state index contributed by atoms with van der Waals surface area (Å²) in [5.74, 6) is -1.72. The predicted octanol–water partition coefficient (Wildman–Crippen LogP) is 5.65. The van der Waals surface area contributed by atoms with Gasteiger partial charge in [-0.15, -0.1) is 0 Å². The highest BCUT2D eigenvalue weighted by Crippen LogP contribution is 2.59. The van der Waals surface area contributed by atoms with Crippen LogP contribution in [0.2, 0.25) is 0 Å². The van der Waals surface area contributed by atoms with Gasteiger partial charge in [0.25, 0.3) is 11.8 Å². The maximum absolute atomic E-state index is 14.6. The highest BCUT2D eigenvalue weighted by atomic mass is 16.5. The minimum Gasteiger partial charge on any atom is -0.504 e. The largest absolute Gasteiger partial charge is 0.504 e. The quantitative estimate of drug-likeness (QED) is 0.415. The molecule has 2 aliphatic rings. The van der Waals surface area contributed by atoms with Gasteiger partial charge in [-0.3, -0.25) is 15.0 Å². The van der Waals surface area contributed by atoms with Crippen LogP contribution in [0, 0.1) is 12.8 Å². The van der Waals surface area contributed by atoms with Crippen LogP contribution >= 0.6 is 0 Å². The summed E-state index contributed by atoms with van der Waals surface area (Å²) in [6.07, 6.45) is 4.04. The number of amides is 2. The van der Waals surface area contributed by atoms with Crippen molar-refractivity contribution in [3.05, 3.63) is 114 Å². The molecule has 2 amide bonds. The lowest BCUT2D eigenvalue weighted by Crippen LogP contribution is -2.48. The monoisotopic (exact) mass is 494 g/mol. The van der Waals surface area contributed by atoms with Crippen molar-refractivity contribution in [2.24, 2.45) is 5.92 Å². The molecular formula is C31H30N2O4. The van der Waals surface area contributed by atoms with E-state index in [-0.39, 0.29) is 17.6 Å². The number of phenolic OH excluding ortho intramolecular Hbond substituents is 1. The van der Waals surface area contributed by atoms with E-state index in [1.165, 1.54) is 0 Å². The number of rotatable bonds is 7. The summed E-state index contributed by atoms with van der Waals surface area (Å²) < 4.78 is 5.67. The van der Waals surface area contributed by atoms with Gasteiger partial charge in [0.05, 0.1) is 23.6 Å². The van der Waals surface area contributed by atoms with Gasteiger partial charge in [-0.1, -0.05) is 78.9 Å². The number of anilines is 1. The normalized spacial score (nSPS) is 22.9. The number of hydrogen-bond donors (Lipinski definition) is 2. The molecule has 1 aliphatic heterocycles. The Bertz CT molecular complexity index is 1380. The zero-order chi connectivity index (χ0) is 26.2. The molecule has 3 aromatic carbocycles. The molecule has 0 saturated carbocycles. The number of aryl methyl sites for hydroxylation is 1. The van der Waals surface area contributed by atoms with Crippen molar-refractivity contribution in [3.63, 3.8) is 0 Å². The third-order valence-corrected chi connectivity index (χ3v) is 7.42. The number of phenols is 1. The van der Waals surface area contributed by atoms with Crippen LogP contribution in [0.1, 0.15) is 36.0 Å². The fourth-order valence-corrected chi connectivity index (χ4v) is 5.77. The van der Waals surface area contributed by atoms with Gasteiger partial charge < -0.3 is 9.84 Å². The van der Waals surface area contributed by atoms with E-state index in [9.17, 15) is 14.7 Å². The van der Waals surface area contributed by atoms with Crippen LogP contribution in [0.25, 0.3) is 0 Å². The zero-order valence-electron chi connectivity index (χ0n) is 21.0. The lowest BCUT2D eigenvalue weighted by atomic mass is 9.56. The average Bonchev–Trinajstić information content (AvgIpc) is 3.13. The van der Waals surface area contributed by atoms with E-state index in [2.05, 4.69) is 12.0 Å². The van der Waals surface area contributed by atoms with Gasteiger partial charge in [-0.05, 0) is 49.6 Å². The van der Waals surface area contributed by atoms with Crippen LogP contribution < -0.4 is 10.2 Å².